The van der Waals surface area contributed by atoms with E-state index in [-0.39, 0.29) is 29.7 Å². The second kappa shape index (κ2) is 1.95. The molecule has 0 amide bonds. The number of rotatable bonds is 0. The molecule has 2 rings (SSSR count). The zero-order valence-corrected chi connectivity index (χ0v) is 6.60. The van der Waals surface area contributed by atoms with Crippen LogP contribution in [0.2, 0.25) is 0 Å². The summed E-state index contributed by atoms with van der Waals surface area (Å²) in [7, 11) is -2.88. The molecule has 0 aromatic heterocycles. The Balaban J connectivity index is 2.22. The molecule has 3 N–H and O–H groups in total. The number of quaternary nitrogens is 1. The summed E-state index contributed by atoms with van der Waals surface area (Å²) in [4.78, 5) is 0. The fraction of sp³-hybridized carbons (Fsp3) is 0.800. The van der Waals surface area contributed by atoms with Crippen LogP contribution in [0.25, 0.3) is 0 Å². The third kappa shape index (κ3) is 1.12. The van der Waals surface area contributed by atoms with Gasteiger partial charge in [0.25, 0.3) is 0 Å². The van der Waals surface area contributed by atoms with Gasteiger partial charge in [0.15, 0.2) is 15.9 Å². The summed E-state index contributed by atoms with van der Waals surface area (Å²) >= 11 is 0. The van der Waals surface area contributed by atoms with Gasteiger partial charge >= 0.3 is 6.02 Å². The average Bonchev–Trinajstić information content (AvgIpc) is 2.17. The van der Waals surface area contributed by atoms with E-state index in [0.29, 0.717) is 0 Å². The summed E-state index contributed by atoms with van der Waals surface area (Å²) in [5.41, 5.74) is 0. The molecule has 2 saturated heterocycles. The van der Waals surface area contributed by atoms with Crippen LogP contribution in [0, 0.1) is 5.41 Å². The molecule has 2 aliphatic rings. The van der Waals surface area contributed by atoms with Gasteiger partial charge in [0.1, 0.15) is 11.8 Å². The molecule has 0 aromatic rings. The Bertz CT molecular complexity index is 275. The van der Waals surface area contributed by atoms with E-state index in [0.717, 1.165) is 0 Å². The lowest BCUT2D eigenvalue weighted by atomic mass is 10.2. The van der Waals surface area contributed by atoms with E-state index < -0.39 is 9.84 Å². The summed E-state index contributed by atoms with van der Waals surface area (Å²) < 4.78 is 26.9. The van der Waals surface area contributed by atoms with Crippen LogP contribution in [0.1, 0.15) is 0 Å². The van der Waals surface area contributed by atoms with Gasteiger partial charge in [0.2, 0.25) is 0 Å². The first-order valence-electron chi connectivity index (χ1n) is 3.37. The Morgan fingerprint density at radius 3 is 2.91 bits per heavy atom. The number of nitrogens with one attached hydrogen (secondary N) is 1. The van der Waals surface area contributed by atoms with Crippen molar-refractivity contribution in [2.45, 2.75) is 12.1 Å². The van der Waals surface area contributed by atoms with Crippen LogP contribution in [-0.2, 0) is 14.6 Å². The topological polar surface area (TPSA) is 83.8 Å². The van der Waals surface area contributed by atoms with Crippen molar-refractivity contribution in [3.05, 3.63) is 0 Å². The van der Waals surface area contributed by atoms with E-state index >= 15 is 0 Å². The van der Waals surface area contributed by atoms with Gasteiger partial charge in [0, 0.05) is 0 Å². The Morgan fingerprint density at radius 1 is 1.55 bits per heavy atom. The molecule has 0 aliphatic carbocycles. The fourth-order valence-electron chi connectivity index (χ4n) is 1.52. The lowest BCUT2D eigenvalue weighted by Crippen LogP contribution is -2.91. The molecular formula is C5H9N2O3S+. The molecule has 2 unspecified atom stereocenters. The minimum Gasteiger partial charge on any atom is -0.426 e. The maximum atomic E-state index is 11.0. The SMILES string of the molecule is N=C1[NH2+]C2CS(=O)(=O)CC2O1. The first-order chi connectivity index (χ1) is 5.07. The summed E-state index contributed by atoms with van der Waals surface area (Å²) in [5.74, 6) is 0.233. The molecule has 62 valence electrons. The number of sulfone groups is 1. The van der Waals surface area contributed by atoms with E-state index in [1.54, 1.807) is 5.32 Å². The number of fused-ring (bicyclic) bond motifs is 1. The van der Waals surface area contributed by atoms with Gasteiger partial charge in [0.05, 0.1) is 5.75 Å². The number of hydrogen-bond acceptors (Lipinski definition) is 4. The molecule has 2 aliphatic heterocycles. The molecule has 2 fully saturated rings. The molecule has 11 heavy (non-hydrogen) atoms. The van der Waals surface area contributed by atoms with Crippen molar-refractivity contribution in [3.63, 3.8) is 0 Å². The normalized spacial score (nSPS) is 40.2. The molecule has 2 heterocycles. The van der Waals surface area contributed by atoms with Crippen molar-refractivity contribution in [1.29, 1.82) is 5.41 Å². The first kappa shape index (κ1) is 7.05. The fourth-order valence-corrected chi connectivity index (χ4v) is 3.37. The van der Waals surface area contributed by atoms with E-state index in [1.807, 2.05) is 0 Å². The predicted octanol–water partition coefficient (Wildman–Crippen LogP) is -2.32. The van der Waals surface area contributed by atoms with Crippen LogP contribution in [0.4, 0.5) is 0 Å². The molecule has 0 spiro atoms. The van der Waals surface area contributed by atoms with E-state index in [9.17, 15) is 8.42 Å². The van der Waals surface area contributed by atoms with Crippen LogP contribution >= 0.6 is 0 Å². The van der Waals surface area contributed by atoms with Crippen molar-refractivity contribution in [2.24, 2.45) is 0 Å². The maximum absolute atomic E-state index is 11.0. The van der Waals surface area contributed by atoms with Crippen LogP contribution in [0.15, 0.2) is 0 Å². The van der Waals surface area contributed by atoms with Crippen LogP contribution in [0.3, 0.4) is 0 Å². The highest BCUT2D eigenvalue weighted by molar-refractivity contribution is 7.91. The molecule has 0 aromatic carbocycles. The highest BCUT2D eigenvalue weighted by atomic mass is 32.2. The smallest absolute Gasteiger partial charge is 0.388 e. The Labute approximate surface area is 64.2 Å². The number of nitrogens with two attached hydrogens (primary N) is 1. The van der Waals surface area contributed by atoms with Gasteiger partial charge in [-0.25, -0.2) is 13.8 Å². The molecule has 6 heteroatoms. The Kier molecular flexibility index (Phi) is 1.25. The monoisotopic (exact) mass is 177 g/mol. The average molecular weight is 177 g/mol. The maximum Gasteiger partial charge on any atom is 0.388 e. The van der Waals surface area contributed by atoms with E-state index in [4.69, 9.17) is 10.1 Å². The standard InChI is InChI=1S/C5H8N2O3S/c6-5-7-3-1-11(8,9)2-4(3)10-5/h3-4H,1-2H2,(H2,6,7)/p+1. The zero-order valence-electron chi connectivity index (χ0n) is 5.78. The second-order valence-corrected chi connectivity index (χ2v) is 5.08. The van der Waals surface area contributed by atoms with Crippen molar-refractivity contribution in [2.75, 3.05) is 11.5 Å². The molecule has 2 atom stereocenters. The van der Waals surface area contributed by atoms with E-state index in [1.165, 1.54) is 0 Å². The Hall–Kier alpha value is -0.620. The minimum atomic E-state index is -2.88. The van der Waals surface area contributed by atoms with Crippen molar-refractivity contribution in [1.82, 2.24) is 0 Å². The molecule has 0 bridgehead atoms. The van der Waals surface area contributed by atoms with Crippen molar-refractivity contribution in [3.8, 4) is 0 Å². The third-order valence-electron chi connectivity index (χ3n) is 1.99. The van der Waals surface area contributed by atoms with Gasteiger partial charge < -0.3 is 4.74 Å². The van der Waals surface area contributed by atoms with Gasteiger partial charge in [-0.2, -0.15) is 0 Å². The summed E-state index contributed by atoms with van der Waals surface area (Å²) in [5, 5.41) is 8.68. The first-order valence-corrected chi connectivity index (χ1v) is 5.19. The third-order valence-corrected chi connectivity index (χ3v) is 3.72. The van der Waals surface area contributed by atoms with Crippen LogP contribution in [-0.4, -0.2) is 38.1 Å². The predicted molar refractivity (Wildman–Crippen MR) is 37.0 cm³/mol. The number of ether oxygens (including phenoxy) is 1. The quantitative estimate of drug-likeness (QED) is 0.435. The zero-order chi connectivity index (χ0) is 8.06. The number of hydrogen-bond donors (Lipinski definition) is 2. The highest BCUT2D eigenvalue weighted by Crippen LogP contribution is 2.15. The molecular weight excluding hydrogens is 168 g/mol. The van der Waals surface area contributed by atoms with E-state index in [2.05, 4.69) is 0 Å². The van der Waals surface area contributed by atoms with Gasteiger partial charge in [-0.05, 0) is 0 Å². The molecule has 0 radical (unpaired) electrons. The van der Waals surface area contributed by atoms with Crippen molar-refractivity contribution >= 4 is 15.9 Å². The molecule has 0 saturated carbocycles. The Morgan fingerprint density at radius 2 is 2.27 bits per heavy atom. The number of amidine groups is 1. The second-order valence-electron chi connectivity index (χ2n) is 2.93. The minimum absolute atomic E-state index is 0.0625. The summed E-state index contributed by atoms with van der Waals surface area (Å²) in [6, 6.07) is 0.0578. The largest absolute Gasteiger partial charge is 0.426 e. The molecule has 5 nitrogen and oxygen atoms in total. The van der Waals surface area contributed by atoms with Gasteiger partial charge in [-0.1, -0.05) is 0 Å². The summed E-state index contributed by atoms with van der Waals surface area (Å²) in [6.07, 6.45) is -0.271. The lowest BCUT2D eigenvalue weighted by molar-refractivity contribution is -0.566. The van der Waals surface area contributed by atoms with Crippen molar-refractivity contribution < 1.29 is 18.5 Å². The highest BCUT2D eigenvalue weighted by Gasteiger charge is 2.48. The summed E-state index contributed by atoms with van der Waals surface area (Å²) in [6.45, 7) is 0. The lowest BCUT2D eigenvalue weighted by Gasteiger charge is -1.96. The van der Waals surface area contributed by atoms with Crippen LogP contribution in [0.5, 0.6) is 0 Å². The van der Waals surface area contributed by atoms with Gasteiger partial charge in [-0.3, -0.25) is 5.32 Å². The van der Waals surface area contributed by atoms with Gasteiger partial charge in [-0.15, -0.1) is 0 Å². The van der Waals surface area contributed by atoms with Crippen LogP contribution < -0.4 is 5.32 Å².